The van der Waals surface area contributed by atoms with Crippen LogP contribution >= 0.6 is 0 Å². The van der Waals surface area contributed by atoms with E-state index < -0.39 is 0 Å². The van der Waals surface area contributed by atoms with E-state index >= 15 is 0 Å². The zero-order valence-electron chi connectivity index (χ0n) is 18.6. The van der Waals surface area contributed by atoms with Gasteiger partial charge in [0.05, 0.1) is 17.9 Å². The van der Waals surface area contributed by atoms with Gasteiger partial charge in [0.2, 0.25) is 0 Å². The van der Waals surface area contributed by atoms with E-state index in [4.69, 9.17) is 4.74 Å². The largest absolute Gasteiger partial charge is 0.494 e. The minimum absolute atomic E-state index is 0.232. The van der Waals surface area contributed by atoms with Crippen LogP contribution in [0.4, 0.5) is 5.69 Å². The number of aryl methyl sites for hydroxylation is 1. The van der Waals surface area contributed by atoms with Crippen LogP contribution in [0.25, 0.3) is 5.57 Å². The molecule has 2 amide bonds. The van der Waals surface area contributed by atoms with Crippen molar-refractivity contribution in [2.24, 2.45) is 5.92 Å². The van der Waals surface area contributed by atoms with E-state index in [1.807, 2.05) is 55.5 Å². The molecule has 0 aliphatic carbocycles. The Kier molecular flexibility index (Phi) is 6.12. The second-order valence-electron chi connectivity index (χ2n) is 8.55. The van der Waals surface area contributed by atoms with Crippen LogP contribution in [0, 0.1) is 12.8 Å². The molecule has 0 radical (unpaired) electrons. The van der Waals surface area contributed by atoms with Gasteiger partial charge in [0.1, 0.15) is 11.4 Å². The molecule has 0 bridgehead atoms. The standard InChI is InChI=1S/C26H30N2O3/c1-4-17-31-22-11-7-20(8-12-22)23-24(27-15-13-19(3)14-16-27)26(30)28(25(23)29)21-9-5-18(2)6-10-21/h5-12,19H,4,13-17H2,1-3H3. The molecule has 5 heteroatoms. The first-order valence-corrected chi connectivity index (χ1v) is 11.2. The molecule has 162 valence electrons. The van der Waals surface area contributed by atoms with Gasteiger partial charge >= 0.3 is 0 Å². The van der Waals surface area contributed by atoms with Gasteiger partial charge in [-0.3, -0.25) is 9.59 Å². The van der Waals surface area contributed by atoms with E-state index in [9.17, 15) is 9.59 Å². The molecular formula is C26H30N2O3. The monoisotopic (exact) mass is 418 g/mol. The Hall–Kier alpha value is -3.08. The molecule has 2 aliphatic heterocycles. The van der Waals surface area contributed by atoms with Crippen molar-refractivity contribution >= 4 is 23.1 Å². The van der Waals surface area contributed by atoms with Crippen LogP contribution in [-0.2, 0) is 9.59 Å². The highest BCUT2D eigenvalue weighted by atomic mass is 16.5. The smallest absolute Gasteiger partial charge is 0.282 e. The summed E-state index contributed by atoms with van der Waals surface area (Å²) in [4.78, 5) is 30.5. The summed E-state index contributed by atoms with van der Waals surface area (Å²) in [6.45, 7) is 8.52. The number of nitrogens with zero attached hydrogens (tertiary/aromatic N) is 2. The summed E-state index contributed by atoms with van der Waals surface area (Å²) in [5.41, 5.74) is 3.47. The number of imide groups is 1. The van der Waals surface area contributed by atoms with Gasteiger partial charge in [0.15, 0.2) is 0 Å². The third kappa shape index (κ3) is 4.22. The van der Waals surface area contributed by atoms with E-state index in [2.05, 4.69) is 18.7 Å². The number of hydrogen-bond donors (Lipinski definition) is 0. The number of carbonyl (C=O) groups is 2. The summed E-state index contributed by atoms with van der Waals surface area (Å²) in [5.74, 6) is 0.914. The molecule has 0 saturated carbocycles. The van der Waals surface area contributed by atoms with Gasteiger partial charge in [-0.05, 0) is 61.9 Å². The molecule has 5 nitrogen and oxygen atoms in total. The van der Waals surface area contributed by atoms with Gasteiger partial charge in [0, 0.05) is 13.1 Å². The number of anilines is 1. The minimum atomic E-state index is -0.260. The SMILES string of the molecule is CCCOc1ccc(C2=C(N3CCC(C)CC3)C(=O)N(c3ccc(C)cc3)C2=O)cc1. The average Bonchev–Trinajstić information content (AvgIpc) is 3.04. The Balaban J connectivity index is 1.73. The Labute approximate surface area is 184 Å². The summed E-state index contributed by atoms with van der Waals surface area (Å²) < 4.78 is 5.69. The van der Waals surface area contributed by atoms with Crippen molar-refractivity contribution in [2.45, 2.75) is 40.0 Å². The van der Waals surface area contributed by atoms with Gasteiger partial charge < -0.3 is 9.64 Å². The van der Waals surface area contributed by atoms with E-state index in [0.29, 0.717) is 29.5 Å². The number of ether oxygens (including phenoxy) is 1. The molecular weight excluding hydrogens is 388 g/mol. The van der Waals surface area contributed by atoms with Gasteiger partial charge in [-0.1, -0.05) is 43.7 Å². The predicted octanol–water partition coefficient (Wildman–Crippen LogP) is 4.80. The third-order valence-corrected chi connectivity index (χ3v) is 6.07. The Morgan fingerprint density at radius 1 is 0.935 bits per heavy atom. The predicted molar refractivity (Wildman–Crippen MR) is 123 cm³/mol. The van der Waals surface area contributed by atoms with Crippen LogP contribution in [-0.4, -0.2) is 36.4 Å². The molecule has 4 rings (SSSR count). The van der Waals surface area contributed by atoms with Crippen molar-refractivity contribution in [3.63, 3.8) is 0 Å². The lowest BCUT2D eigenvalue weighted by Gasteiger charge is -2.32. The van der Waals surface area contributed by atoms with Gasteiger partial charge in [-0.2, -0.15) is 0 Å². The van der Waals surface area contributed by atoms with Crippen LogP contribution in [0.2, 0.25) is 0 Å². The van der Waals surface area contributed by atoms with Crippen molar-refractivity contribution in [1.29, 1.82) is 0 Å². The lowest BCUT2D eigenvalue weighted by molar-refractivity contribution is -0.120. The molecule has 0 atom stereocenters. The Morgan fingerprint density at radius 2 is 1.58 bits per heavy atom. The van der Waals surface area contributed by atoms with E-state index in [-0.39, 0.29) is 11.8 Å². The summed E-state index contributed by atoms with van der Waals surface area (Å²) >= 11 is 0. The average molecular weight is 419 g/mol. The topological polar surface area (TPSA) is 49.9 Å². The van der Waals surface area contributed by atoms with Crippen LogP contribution in [0.5, 0.6) is 5.75 Å². The third-order valence-electron chi connectivity index (χ3n) is 6.07. The van der Waals surface area contributed by atoms with Crippen LogP contribution in [0.3, 0.4) is 0 Å². The fraction of sp³-hybridized carbons (Fsp3) is 0.385. The number of piperidine rings is 1. The maximum absolute atomic E-state index is 13.6. The van der Waals surface area contributed by atoms with Crippen molar-refractivity contribution in [3.8, 4) is 5.75 Å². The zero-order chi connectivity index (χ0) is 22.0. The summed E-state index contributed by atoms with van der Waals surface area (Å²) in [7, 11) is 0. The quantitative estimate of drug-likeness (QED) is 0.633. The van der Waals surface area contributed by atoms with Crippen molar-refractivity contribution in [3.05, 3.63) is 65.4 Å². The van der Waals surface area contributed by atoms with Crippen molar-refractivity contribution in [1.82, 2.24) is 4.90 Å². The first kappa shape index (κ1) is 21.2. The first-order chi connectivity index (χ1) is 15.0. The van der Waals surface area contributed by atoms with Crippen LogP contribution in [0.15, 0.2) is 54.2 Å². The lowest BCUT2D eigenvalue weighted by atomic mass is 9.97. The molecule has 0 aromatic heterocycles. The first-order valence-electron chi connectivity index (χ1n) is 11.2. The molecule has 0 spiro atoms. The maximum Gasteiger partial charge on any atom is 0.282 e. The maximum atomic E-state index is 13.6. The van der Waals surface area contributed by atoms with Crippen molar-refractivity contribution < 1.29 is 14.3 Å². The molecule has 31 heavy (non-hydrogen) atoms. The highest BCUT2D eigenvalue weighted by Gasteiger charge is 2.42. The highest BCUT2D eigenvalue weighted by molar-refractivity contribution is 6.45. The molecule has 2 aromatic carbocycles. The molecule has 0 unspecified atom stereocenters. The zero-order valence-corrected chi connectivity index (χ0v) is 18.6. The number of rotatable bonds is 6. The molecule has 0 N–H and O–H groups in total. The summed E-state index contributed by atoms with van der Waals surface area (Å²) in [6.07, 6.45) is 2.97. The Morgan fingerprint density at radius 3 is 2.19 bits per heavy atom. The minimum Gasteiger partial charge on any atom is -0.494 e. The van der Waals surface area contributed by atoms with E-state index in [1.54, 1.807) is 0 Å². The molecule has 1 saturated heterocycles. The normalized spacial score (nSPS) is 17.6. The van der Waals surface area contributed by atoms with Gasteiger partial charge in [-0.25, -0.2) is 4.90 Å². The second kappa shape index (κ2) is 8.96. The van der Waals surface area contributed by atoms with Gasteiger partial charge in [0.25, 0.3) is 11.8 Å². The summed E-state index contributed by atoms with van der Waals surface area (Å²) in [6, 6.07) is 15.1. The molecule has 2 aromatic rings. The summed E-state index contributed by atoms with van der Waals surface area (Å²) in [5, 5.41) is 0. The second-order valence-corrected chi connectivity index (χ2v) is 8.55. The van der Waals surface area contributed by atoms with Crippen LogP contribution < -0.4 is 9.64 Å². The van der Waals surface area contributed by atoms with Gasteiger partial charge in [-0.15, -0.1) is 0 Å². The fourth-order valence-electron chi connectivity index (χ4n) is 4.17. The highest BCUT2D eigenvalue weighted by Crippen LogP contribution is 2.36. The molecule has 2 aliphatic rings. The number of carbonyl (C=O) groups excluding carboxylic acids is 2. The molecule has 1 fully saturated rings. The van der Waals surface area contributed by atoms with E-state index in [0.717, 1.165) is 49.2 Å². The molecule has 2 heterocycles. The number of amides is 2. The van der Waals surface area contributed by atoms with E-state index in [1.165, 1.54) is 4.90 Å². The fourth-order valence-corrected chi connectivity index (χ4v) is 4.17. The number of benzene rings is 2. The number of likely N-dealkylation sites (tertiary alicyclic amines) is 1. The number of hydrogen-bond acceptors (Lipinski definition) is 4. The Bertz CT molecular complexity index is 984. The van der Waals surface area contributed by atoms with Crippen LogP contribution in [0.1, 0.15) is 44.2 Å². The lowest BCUT2D eigenvalue weighted by Crippen LogP contribution is -2.38. The van der Waals surface area contributed by atoms with Crippen molar-refractivity contribution in [2.75, 3.05) is 24.6 Å².